The van der Waals surface area contributed by atoms with Gasteiger partial charge in [0.05, 0.1) is 13.2 Å². The van der Waals surface area contributed by atoms with Gasteiger partial charge in [-0.1, -0.05) is 116 Å². The maximum atomic E-state index is 13.7. The van der Waals surface area contributed by atoms with E-state index in [1.807, 2.05) is 20.8 Å². The summed E-state index contributed by atoms with van der Waals surface area (Å²) in [6.45, 7) is 28.4. The van der Waals surface area contributed by atoms with Crippen LogP contribution in [0.1, 0.15) is 154 Å². The van der Waals surface area contributed by atoms with Crippen molar-refractivity contribution in [3.05, 3.63) is 0 Å². The quantitative estimate of drug-likeness (QED) is 0.0875. The van der Waals surface area contributed by atoms with Gasteiger partial charge in [-0.15, -0.1) is 0 Å². The predicted octanol–water partition coefficient (Wildman–Crippen LogP) is 9.48. The fourth-order valence-corrected chi connectivity index (χ4v) is 5.36. The summed E-state index contributed by atoms with van der Waals surface area (Å²) in [4.78, 5) is 38.7. The van der Waals surface area contributed by atoms with Gasteiger partial charge in [0, 0.05) is 5.41 Å². The van der Waals surface area contributed by atoms with Crippen molar-refractivity contribution in [3.8, 4) is 0 Å². The van der Waals surface area contributed by atoms with Gasteiger partial charge >= 0.3 is 11.9 Å². The first-order chi connectivity index (χ1) is 18.3. The molecule has 0 saturated carbocycles. The monoisotopic (exact) mass is 570 g/mol. The molecule has 4 atom stereocenters. The van der Waals surface area contributed by atoms with E-state index in [9.17, 15) is 9.59 Å². The molecule has 40 heavy (non-hydrogen) atoms. The van der Waals surface area contributed by atoms with E-state index in [0.29, 0.717) is 37.9 Å². The van der Waals surface area contributed by atoms with Crippen LogP contribution in [0.4, 0.5) is 0 Å². The van der Waals surface area contributed by atoms with Crippen LogP contribution in [-0.2, 0) is 28.8 Å². The van der Waals surface area contributed by atoms with Crippen molar-refractivity contribution in [1.29, 1.82) is 0 Å². The molecule has 0 aromatic carbocycles. The number of esters is 2. The Morgan fingerprint density at radius 3 is 1.57 bits per heavy atom. The molecule has 0 radical (unpaired) electrons. The number of ether oxygens (including phenoxy) is 2. The van der Waals surface area contributed by atoms with Gasteiger partial charge in [-0.25, -0.2) is 19.4 Å². The van der Waals surface area contributed by atoms with E-state index in [4.69, 9.17) is 19.2 Å². The smallest absolute Gasteiger partial charge is 0.342 e. The van der Waals surface area contributed by atoms with Gasteiger partial charge in [-0.2, -0.15) is 0 Å². The largest absolute Gasteiger partial charge is 0.464 e. The van der Waals surface area contributed by atoms with Crippen LogP contribution < -0.4 is 0 Å². The first-order valence-corrected chi connectivity index (χ1v) is 16.0. The maximum absolute atomic E-state index is 13.7. The van der Waals surface area contributed by atoms with E-state index in [2.05, 4.69) is 69.2 Å². The Hall–Kier alpha value is -1.14. The number of carbonyl (C=O) groups is 2. The predicted molar refractivity (Wildman–Crippen MR) is 165 cm³/mol. The van der Waals surface area contributed by atoms with Gasteiger partial charge in [-0.05, 0) is 61.2 Å². The average molecular weight is 571 g/mol. The fourth-order valence-electron chi connectivity index (χ4n) is 5.36. The molecule has 0 aliphatic rings. The Kier molecular flexibility index (Phi) is 17.2. The molecule has 0 fully saturated rings. The van der Waals surface area contributed by atoms with Crippen molar-refractivity contribution in [2.24, 2.45) is 28.1 Å². The second-order valence-electron chi connectivity index (χ2n) is 15.6. The molecule has 0 heterocycles. The van der Waals surface area contributed by atoms with E-state index in [1.165, 1.54) is 0 Å². The molecule has 0 aliphatic carbocycles. The molecular formula is C34H66O6. The molecular weight excluding hydrogens is 504 g/mol. The molecule has 0 aromatic heterocycles. The van der Waals surface area contributed by atoms with Crippen molar-refractivity contribution in [2.45, 2.75) is 166 Å². The van der Waals surface area contributed by atoms with Crippen LogP contribution in [-0.4, -0.2) is 36.9 Å². The minimum Gasteiger partial charge on any atom is -0.464 e. The molecule has 6 heteroatoms. The Bertz CT molecular complexity index is 711. The molecule has 0 amide bonds. The van der Waals surface area contributed by atoms with Gasteiger partial charge < -0.3 is 9.47 Å². The van der Waals surface area contributed by atoms with Crippen LogP contribution in [0.2, 0.25) is 0 Å². The van der Waals surface area contributed by atoms with E-state index in [0.717, 1.165) is 51.4 Å². The van der Waals surface area contributed by atoms with E-state index < -0.39 is 29.1 Å². The molecule has 238 valence electrons. The first kappa shape index (κ1) is 38.9. The van der Waals surface area contributed by atoms with Crippen molar-refractivity contribution >= 4 is 11.9 Å². The highest BCUT2D eigenvalue weighted by atomic mass is 17.2. The molecule has 0 rings (SSSR count). The third kappa shape index (κ3) is 15.7. The summed E-state index contributed by atoms with van der Waals surface area (Å²) >= 11 is 0. The molecule has 0 bridgehead atoms. The Balaban J connectivity index is 5.56. The van der Waals surface area contributed by atoms with Gasteiger partial charge in [0.15, 0.2) is 6.10 Å². The molecule has 0 aromatic rings. The summed E-state index contributed by atoms with van der Waals surface area (Å²) in [6.07, 6.45) is 7.10. The summed E-state index contributed by atoms with van der Waals surface area (Å²) in [7, 11) is 0. The molecule has 6 nitrogen and oxygen atoms in total. The van der Waals surface area contributed by atoms with E-state index >= 15 is 0 Å². The Labute approximate surface area is 247 Å². The normalized spacial score (nSPS) is 16.6. The molecule has 0 aliphatic heterocycles. The van der Waals surface area contributed by atoms with Crippen molar-refractivity contribution in [1.82, 2.24) is 0 Å². The average Bonchev–Trinajstić information content (AvgIpc) is 2.77. The molecule has 0 N–H and O–H groups in total. The molecule has 0 spiro atoms. The van der Waals surface area contributed by atoms with E-state index in [-0.39, 0.29) is 10.8 Å². The highest BCUT2D eigenvalue weighted by molar-refractivity contribution is 5.80. The number of hydrogen-bond acceptors (Lipinski definition) is 6. The summed E-state index contributed by atoms with van der Waals surface area (Å²) in [5.74, 6) is 0.0283. The number of carbonyl (C=O) groups excluding carboxylic acids is 2. The molecule has 0 saturated heterocycles. The molecule has 4 unspecified atom stereocenters. The van der Waals surface area contributed by atoms with Crippen LogP contribution >= 0.6 is 0 Å². The van der Waals surface area contributed by atoms with Crippen molar-refractivity contribution in [3.63, 3.8) is 0 Å². The van der Waals surface area contributed by atoms with Gasteiger partial charge in [-0.3, -0.25) is 0 Å². The van der Waals surface area contributed by atoms with Crippen LogP contribution in [0.15, 0.2) is 0 Å². The zero-order chi connectivity index (χ0) is 31.2. The second-order valence-corrected chi connectivity index (χ2v) is 15.6. The number of unbranched alkanes of at least 4 members (excludes halogenated alkanes) is 2. The lowest BCUT2D eigenvalue weighted by Crippen LogP contribution is -2.54. The standard InChI is InChI=1S/C34H66O6/c1-14-16-18-28(29(35)37-22-19-26(3)24-31(5,6)7)39-40-34(21-17-15-2,33(11,12)13)30(36)38-23-20-27(4)25-32(8,9)10/h26-28H,14-25H2,1-13H3. The van der Waals surface area contributed by atoms with Crippen molar-refractivity contribution < 1.29 is 28.8 Å². The topological polar surface area (TPSA) is 71.1 Å². The lowest BCUT2D eigenvalue weighted by molar-refractivity contribution is -0.393. The van der Waals surface area contributed by atoms with Gasteiger partial charge in [0.2, 0.25) is 5.60 Å². The van der Waals surface area contributed by atoms with Crippen LogP contribution in [0.3, 0.4) is 0 Å². The Morgan fingerprint density at radius 2 is 1.15 bits per heavy atom. The minimum atomic E-state index is -1.33. The number of rotatable bonds is 19. The maximum Gasteiger partial charge on any atom is 0.342 e. The summed E-state index contributed by atoms with van der Waals surface area (Å²) < 4.78 is 11.5. The highest BCUT2D eigenvalue weighted by Crippen LogP contribution is 2.40. The zero-order valence-corrected chi connectivity index (χ0v) is 28.7. The summed E-state index contributed by atoms with van der Waals surface area (Å²) in [5, 5.41) is 0. The SMILES string of the molecule is CCCCC(OOC(CCCC)(C(=O)OCCC(C)CC(C)(C)C)C(C)(C)C)C(=O)OCCC(C)CC(C)(C)C. The minimum absolute atomic E-state index is 0.226. The Morgan fingerprint density at radius 1 is 0.675 bits per heavy atom. The lowest BCUT2D eigenvalue weighted by Gasteiger charge is -2.41. The third-order valence-electron chi connectivity index (χ3n) is 7.43. The second kappa shape index (κ2) is 17.7. The summed E-state index contributed by atoms with van der Waals surface area (Å²) in [5.41, 5.74) is -1.48. The van der Waals surface area contributed by atoms with Gasteiger partial charge in [0.1, 0.15) is 0 Å². The van der Waals surface area contributed by atoms with Crippen LogP contribution in [0, 0.1) is 28.1 Å². The lowest BCUT2D eigenvalue weighted by atomic mass is 9.73. The fraction of sp³-hybridized carbons (Fsp3) is 0.941. The third-order valence-corrected chi connectivity index (χ3v) is 7.43. The zero-order valence-electron chi connectivity index (χ0n) is 28.7. The first-order valence-electron chi connectivity index (χ1n) is 16.0. The van der Waals surface area contributed by atoms with Crippen LogP contribution in [0.5, 0.6) is 0 Å². The van der Waals surface area contributed by atoms with Crippen molar-refractivity contribution in [2.75, 3.05) is 13.2 Å². The van der Waals surface area contributed by atoms with E-state index in [1.54, 1.807) is 0 Å². The van der Waals surface area contributed by atoms with Gasteiger partial charge in [0.25, 0.3) is 0 Å². The summed E-state index contributed by atoms with van der Waals surface area (Å²) in [6, 6.07) is 0. The number of hydrogen-bond donors (Lipinski definition) is 0. The highest BCUT2D eigenvalue weighted by Gasteiger charge is 2.53. The van der Waals surface area contributed by atoms with Crippen LogP contribution in [0.25, 0.3) is 0 Å².